The maximum Gasteiger partial charge on any atom is 0.407 e. The molecule has 0 spiro atoms. The number of rotatable bonds is 11. The summed E-state index contributed by atoms with van der Waals surface area (Å²) in [5, 5.41) is 6.40. The molecule has 2 saturated heterocycles. The molecule has 3 aromatic rings. The number of fused-ring (bicyclic) bond motifs is 2. The van der Waals surface area contributed by atoms with E-state index >= 15 is 0 Å². The molecule has 7 rings (SSSR count). The van der Waals surface area contributed by atoms with Gasteiger partial charge >= 0.3 is 6.09 Å². The molecule has 6 heterocycles. The van der Waals surface area contributed by atoms with Gasteiger partial charge in [0.25, 0.3) is 0 Å². The third-order valence-corrected chi connectivity index (χ3v) is 12.2. The SMILES string of the molecule is CC[C@H](C)C(C)C(=O)N1CCC[C@H]1C1=NCC(c2ccc3c(c2)Oc2ncc(-c4cnc([C@@H]5CCCN5C(=O)[C@@H](NC(=O)OC)[C@@H](C)CC)[nH]4)cc2C3)N1. The molecule has 54 heavy (non-hydrogen) atoms. The van der Waals surface area contributed by atoms with Crippen molar-refractivity contribution in [1.29, 1.82) is 0 Å². The third kappa shape index (κ3) is 7.29. The number of aromatic nitrogens is 3. The number of nitrogens with one attached hydrogen (secondary N) is 3. The summed E-state index contributed by atoms with van der Waals surface area (Å²) in [6, 6.07) is 7.58. The van der Waals surface area contributed by atoms with Crippen LogP contribution < -0.4 is 15.4 Å². The first-order valence-corrected chi connectivity index (χ1v) is 19.7. The highest BCUT2D eigenvalue weighted by atomic mass is 16.5. The summed E-state index contributed by atoms with van der Waals surface area (Å²) in [6.45, 7) is 12.3. The molecule has 2 unspecified atom stereocenters. The predicted molar refractivity (Wildman–Crippen MR) is 205 cm³/mol. The van der Waals surface area contributed by atoms with Crippen molar-refractivity contribution in [2.45, 2.75) is 104 Å². The van der Waals surface area contributed by atoms with E-state index in [1.54, 1.807) is 12.4 Å². The second kappa shape index (κ2) is 15.8. The molecule has 0 bridgehead atoms. The molecule has 13 heteroatoms. The number of alkyl carbamates (subject to hydrolysis) is 1. The number of pyridine rings is 1. The van der Waals surface area contributed by atoms with E-state index in [0.717, 1.165) is 84.6 Å². The Labute approximate surface area is 317 Å². The molecule has 4 aliphatic rings. The molecular weight excluding hydrogens is 685 g/mol. The number of H-pyrrole nitrogens is 1. The lowest BCUT2D eigenvalue weighted by atomic mass is 9.92. The molecule has 1 aromatic carbocycles. The summed E-state index contributed by atoms with van der Waals surface area (Å²) in [6.07, 6.45) is 8.92. The molecule has 0 radical (unpaired) electrons. The van der Waals surface area contributed by atoms with E-state index in [-0.39, 0.29) is 41.8 Å². The van der Waals surface area contributed by atoms with Crippen LogP contribution in [0.15, 0.2) is 41.7 Å². The zero-order valence-electron chi connectivity index (χ0n) is 32.4. The average molecular weight is 739 g/mol. The van der Waals surface area contributed by atoms with Crippen LogP contribution in [0.3, 0.4) is 0 Å². The maximum absolute atomic E-state index is 13.7. The topological polar surface area (TPSA) is 154 Å². The lowest BCUT2D eigenvalue weighted by molar-refractivity contribution is -0.136. The Kier molecular flexibility index (Phi) is 10.9. The highest BCUT2D eigenvalue weighted by Gasteiger charge is 2.39. The molecular formula is C41H54N8O5. The number of benzene rings is 1. The van der Waals surface area contributed by atoms with Gasteiger partial charge in [-0.15, -0.1) is 0 Å². The van der Waals surface area contributed by atoms with Crippen LogP contribution in [0.1, 0.15) is 108 Å². The first kappa shape index (κ1) is 37.4. The normalized spacial score (nSPS) is 22.6. The van der Waals surface area contributed by atoms with Crippen LogP contribution in [0.2, 0.25) is 0 Å². The van der Waals surface area contributed by atoms with Gasteiger partial charge in [0.1, 0.15) is 23.5 Å². The number of hydrogen-bond acceptors (Lipinski definition) is 9. The zero-order chi connectivity index (χ0) is 38.1. The minimum atomic E-state index is -0.676. The van der Waals surface area contributed by atoms with Crippen molar-refractivity contribution in [3.63, 3.8) is 0 Å². The van der Waals surface area contributed by atoms with Gasteiger partial charge in [0.05, 0.1) is 43.7 Å². The fourth-order valence-corrected chi connectivity index (χ4v) is 8.24. The van der Waals surface area contributed by atoms with E-state index in [1.165, 1.54) is 7.11 Å². The monoisotopic (exact) mass is 738 g/mol. The van der Waals surface area contributed by atoms with Crippen LogP contribution >= 0.6 is 0 Å². The largest absolute Gasteiger partial charge is 0.453 e. The summed E-state index contributed by atoms with van der Waals surface area (Å²) >= 11 is 0. The van der Waals surface area contributed by atoms with Crippen LogP contribution in [0, 0.1) is 17.8 Å². The second-order valence-corrected chi connectivity index (χ2v) is 15.5. The van der Waals surface area contributed by atoms with Crippen molar-refractivity contribution in [2.75, 3.05) is 26.7 Å². The summed E-state index contributed by atoms with van der Waals surface area (Å²) in [7, 11) is 1.30. The molecule has 3 amide bonds. The van der Waals surface area contributed by atoms with Gasteiger partial charge in [-0.3, -0.25) is 14.6 Å². The Bertz CT molecular complexity index is 1910. The summed E-state index contributed by atoms with van der Waals surface area (Å²) in [5.74, 6) is 3.41. The smallest absolute Gasteiger partial charge is 0.407 e. The van der Waals surface area contributed by atoms with E-state index in [9.17, 15) is 14.4 Å². The summed E-state index contributed by atoms with van der Waals surface area (Å²) in [5.41, 5.74) is 4.85. The summed E-state index contributed by atoms with van der Waals surface area (Å²) < 4.78 is 11.2. The van der Waals surface area contributed by atoms with E-state index < -0.39 is 12.1 Å². The average Bonchev–Trinajstić information content (AvgIpc) is 4.03. The Balaban J connectivity index is 1.01. The molecule has 288 valence electrons. The quantitative estimate of drug-likeness (QED) is 0.162. The van der Waals surface area contributed by atoms with E-state index in [2.05, 4.69) is 60.7 Å². The van der Waals surface area contributed by atoms with Crippen LogP contribution in [-0.4, -0.2) is 87.3 Å². The number of aromatic amines is 1. The first-order chi connectivity index (χ1) is 26.1. The van der Waals surface area contributed by atoms with Gasteiger partial charge in [-0.1, -0.05) is 59.6 Å². The highest BCUT2D eigenvalue weighted by molar-refractivity contribution is 5.94. The maximum atomic E-state index is 13.7. The highest BCUT2D eigenvalue weighted by Crippen LogP contribution is 2.39. The fourth-order valence-electron chi connectivity index (χ4n) is 8.24. The number of carbonyl (C=O) groups excluding carboxylic acids is 3. The molecule has 13 nitrogen and oxygen atoms in total. The number of ether oxygens (including phenoxy) is 2. The summed E-state index contributed by atoms with van der Waals surface area (Å²) in [4.78, 5) is 60.9. The van der Waals surface area contributed by atoms with Crippen LogP contribution in [0.25, 0.3) is 11.3 Å². The van der Waals surface area contributed by atoms with Crippen LogP contribution in [-0.2, 0) is 20.7 Å². The Morgan fingerprint density at radius 1 is 0.944 bits per heavy atom. The van der Waals surface area contributed by atoms with E-state index in [0.29, 0.717) is 37.1 Å². The number of amidine groups is 1. The molecule has 3 N–H and O–H groups in total. The third-order valence-electron chi connectivity index (χ3n) is 12.2. The first-order valence-electron chi connectivity index (χ1n) is 19.7. The number of carbonyl (C=O) groups is 3. The number of methoxy groups -OCH3 is 1. The number of nitrogens with zero attached hydrogens (tertiary/aromatic N) is 5. The second-order valence-electron chi connectivity index (χ2n) is 15.5. The Hall–Kier alpha value is -4.94. The van der Waals surface area contributed by atoms with Gasteiger partial charge in [0.2, 0.25) is 17.7 Å². The lowest BCUT2D eigenvalue weighted by Gasteiger charge is -2.30. The van der Waals surface area contributed by atoms with Crippen LogP contribution in [0.5, 0.6) is 11.6 Å². The van der Waals surface area contributed by atoms with Crippen molar-refractivity contribution in [3.8, 4) is 22.9 Å². The Morgan fingerprint density at radius 2 is 1.69 bits per heavy atom. The minimum Gasteiger partial charge on any atom is -0.453 e. The van der Waals surface area contributed by atoms with Gasteiger partial charge in [-0.05, 0) is 60.8 Å². The molecule has 4 aliphatic heterocycles. The number of hydrogen-bond donors (Lipinski definition) is 3. The minimum absolute atomic E-state index is 0.00232. The molecule has 2 aromatic heterocycles. The van der Waals surface area contributed by atoms with Crippen molar-refractivity contribution >= 4 is 23.7 Å². The standard InChI is InChI=1S/C41H54N8O5/c1-7-23(3)25(5)39(50)48-15-9-11-32(48)36-42-21-30(45-36)26-13-14-27-17-28-18-29(20-44-38(28)54-34(27)19-26)31-22-43-37(46-31)33-12-10-16-49(33)40(51)35(24(4)8-2)47-41(52)53-6/h13-14,18-20,22-25,30,32-33,35H,7-12,15-17,21H2,1-6H3,(H,42,45)(H,43,46)(H,47,52)/t23-,24-,25?,30?,32-,33-,35-/m0/s1. The van der Waals surface area contributed by atoms with Crippen molar-refractivity contribution in [1.82, 2.24) is 35.4 Å². The Morgan fingerprint density at radius 3 is 2.43 bits per heavy atom. The molecule has 0 saturated carbocycles. The van der Waals surface area contributed by atoms with Crippen molar-refractivity contribution < 1.29 is 23.9 Å². The van der Waals surface area contributed by atoms with Gasteiger partial charge in [-0.2, -0.15) is 0 Å². The number of likely N-dealkylation sites (tertiary alicyclic amines) is 2. The predicted octanol–water partition coefficient (Wildman–Crippen LogP) is 6.32. The lowest BCUT2D eigenvalue weighted by Crippen LogP contribution is -2.51. The van der Waals surface area contributed by atoms with Crippen molar-refractivity contribution in [2.24, 2.45) is 22.7 Å². The van der Waals surface area contributed by atoms with E-state index in [1.807, 2.05) is 23.6 Å². The number of amides is 3. The molecule has 7 atom stereocenters. The zero-order valence-corrected chi connectivity index (χ0v) is 32.4. The van der Waals surface area contributed by atoms with Gasteiger partial charge in [-0.25, -0.2) is 14.8 Å². The van der Waals surface area contributed by atoms with E-state index in [4.69, 9.17) is 24.4 Å². The number of imidazole rings is 1. The number of aliphatic imine (C=N–C) groups is 1. The fraction of sp³-hybridized carbons (Fsp3) is 0.561. The van der Waals surface area contributed by atoms with Gasteiger partial charge < -0.3 is 34.9 Å². The van der Waals surface area contributed by atoms with Gasteiger partial charge in [0, 0.05) is 42.8 Å². The molecule has 2 fully saturated rings. The molecule has 0 aliphatic carbocycles. The van der Waals surface area contributed by atoms with Crippen molar-refractivity contribution in [3.05, 3.63) is 59.2 Å². The van der Waals surface area contributed by atoms with Crippen LogP contribution in [0.4, 0.5) is 4.79 Å². The van der Waals surface area contributed by atoms with Gasteiger partial charge in [0.15, 0.2) is 0 Å².